The second-order valence-electron chi connectivity index (χ2n) is 3.51. The second kappa shape index (κ2) is 5.06. The molecule has 0 fully saturated rings. The van der Waals surface area contributed by atoms with Gasteiger partial charge in [0.25, 0.3) is 0 Å². The lowest BCUT2D eigenvalue weighted by Gasteiger charge is -2.13. The molecule has 3 N–H and O–H groups in total. The Labute approximate surface area is 92.0 Å². The van der Waals surface area contributed by atoms with E-state index < -0.39 is 10.8 Å². The molecule has 1 heterocycles. The molecule has 0 saturated carbocycles. The van der Waals surface area contributed by atoms with Crippen molar-refractivity contribution in [3.05, 3.63) is 11.9 Å². The maximum absolute atomic E-state index is 11.0. The Balaban J connectivity index is 2.67. The number of hydrogen-bond donors (Lipinski definition) is 2. The van der Waals surface area contributed by atoms with Gasteiger partial charge in [0, 0.05) is 34.9 Å². The number of aryl methyl sites for hydroxylation is 1. The van der Waals surface area contributed by atoms with Gasteiger partial charge in [0.15, 0.2) is 0 Å². The van der Waals surface area contributed by atoms with Crippen LogP contribution < -0.4 is 11.1 Å². The summed E-state index contributed by atoms with van der Waals surface area (Å²) < 4.78 is 11.0. The summed E-state index contributed by atoms with van der Waals surface area (Å²) in [7, 11) is -0.817. The molecule has 0 amide bonds. The minimum Gasteiger partial charge on any atom is -0.384 e. The van der Waals surface area contributed by atoms with Gasteiger partial charge < -0.3 is 11.1 Å². The summed E-state index contributed by atoms with van der Waals surface area (Å²) in [6, 6.07) is 1.77. The van der Waals surface area contributed by atoms with E-state index >= 15 is 0 Å². The Morgan fingerprint density at radius 1 is 1.60 bits per heavy atom. The third-order valence-electron chi connectivity index (χ3n) is 1.74. The molecule has 2 unspecified atom stereocenters. The van der Waals surface area contributed by atoms with Crippen molar-refractivity contribution in [1.29, 1.82) is 0 Å². The van der Waals surface area contributed by atoms with Gasteiger partial charge in [-0.2, -0.15) is 0 Å². The van der Waals surface area contributed by atoms with E-state index in [1.54, 1.807) is 19.2 Å². The molecular formula is C9H16N4OS. The van der Waals surface area contributed by atoms with E-state index in [1.165, 1.54) is 0 Å². The fraction of sp³-hybridized carbons (Fsp3) is 0.556. The van der Waals surface area contributed by atoms with Crippen molar-refractivity contribution in [3.8, 4) is 0 Å². The first-order valence-corrected chi connectivity index (χ1v) is 6.38. The molecule has 1 aromatic rings. The molecule has 0 saturated heterocycles. The van der Waals surface area contributed by atoms with Gasteiger partial charge in [-0.3, -0.25) is 4.21 Å². The Morgan fingerprint density at radius 3 is 2.80 bits per heavy atom. The van der Waals surface area contributed by atoms with Crippen LogP contribution in [0, 0.1) is 6.92 Å². The van der Waals surface area contributed by atoms with Crippen molar-refractivity contribution in [1.82, 2.24) is 9.97 Å². The van der Waals surface area contributed by atoms with E-state index in [0.717, 1.165) is 0 Å². The minimum absolute atomic E-state index is 0.101. The molecule has 15 heavy (non-hydrogen) atoms. The number of nitrogens with zero attached hydrogens (tertiary/aromatic N) is 2. The lowest BCUT2D eigenvalue weighted by Crippen LogP contribution is -2.23. The van der Waals surface area contributed by atoms with Crippen LogP contribution in [0.5, 0.6) is 0 Å². The van der Waals surface area contributed by atoms with Crippen LogP contribution in [0.15, 0.2) is 6.07 Å². The van der Waals surface area contributed by atoms with Crippen molar-refractivity contribution in [2.75, 3.05) is 23.1 Å². The van der Waals surface area contributed by atoms with Gasteiger partial charge in [-0.15, -0.1) is 0 Å². The maximum atomic E-state index is 11.0. The number of aromatic nitrogens is 2. The standard InChI is InChI=1S/C9H16N4OS/c1-6(5-15(3)14)11-9-4-8(10)12-7(2)13-9/h4,6H,5H2,1-3H3,(H3,10,11,12,13). The first-order valence-electron chi connectivity index (χ1n) is 4.65. The highest BCUT2D eigenvalue weighted by Crippen LogP contribution is 2.09. The van der Waals surface area contributed by atoms with E-state index in [0.29, 0.717) is 23.2 Å². The molecular weight excluding hydrogens is 212 g/mol. The lowest BCUT2D eigenvalue weighted by molar-refractivity contribution is 0.683. The lowest BCUT2D eigenvalue weighted by atomic mass is 10.4. The molecule has 0 aliphatic heterocycles. The minimum atomic E-state index is -0.817. The molecule has 1 aromatic heterocycles. The zero-order chi connectivity index (χ0) is 11.4. The average Bonchev–Trinajstić information content (AvgIpc) is 1.98. The Hall–Kier alpha value is -1.17. The maximum Gasteiger partial charge on any atom is 0.132 e. The van der Waals surface area contributed by atoms with E-state index in [-0.39, 0.29) is 6.04 Å². The Bertz CT molecular complexity index is 349. The van der Waals surface area contributed by atoms with E-state index in [9.17, 15) is 4.21 Å². The molecule has 2 atom stereocenters. The van der Waals surface area contributed by atoms with Crippen LogP contribution in [0.1, 0.15) is 12.7 Å². The smallest absolute Gasteiger partial charge is 0.132 e. The van der Waals surface area contributed by atoms with Gasteiger partial charge in [0.2, 0.25) is 0 Å². The second-order valence-corrected chi connectivity index (χ2v) is 4.99. The van der Waals surface area contributed by atoms with Crippen LogP contribution >= 0.6 is 0 Å². The third kappa shape index (κ3) is 4.24. The molecule has 84 valence electrons. The number of anilines is 2. The molecule has 0 aromatic carbocycles. The van der Waals surface area contributed by atoms with Crippen LogP contribution in [0.25, 0.3) is 0 Å². The monoisotopic (exact) mass is 228 g/mol. The van der Waals surface area contributed by atoms with Crippen molar-refractivity contribution < 1.29 is 4.21 Å². The topological polar surface area (TPSA) is 80.9 Å². The molecule has 0 aliphatic rings. The number of nitrogens with one attached hydrogen (secondary N) is 1. The van der Waals surface area contributed by atoms with E-state index in [1.807, 2.05) is 6.92 Å². The van der Waals surface area contributed by atoms with Crippen LogP contribution in [-0.2, 0) is 10.8 Å². The number of rotatable bonds is 4. The molecule has 6 heteroatoms. The van der Waals surface area contributed by atoms with Crippen LogP contribution in [0.3, 0.4) is 0 Å². The van der Waals surface area contributed by atoms with Gasteiger partial charge in [0.05, 0.1) is 0 Å². The summed E-state index contributed by atoms with van der Waals surface area (Å²) in [6.07, 6.45) is 1.68. The highest BCUT2D eigenvalue weighted by Gasteiger charge is 2.06. The molecule has 0 bridgehead atoms. The summed E-state index contributed by atoms with van der Waals surface area (Å²) in [6.45, 7) is 3.74. The van der Waals surface area contributed by atoms with E-state index in [2.05, 4.69) is 15.3 Å². The molecule has 1 rings (SSSR count). The summed E-state index contributed by atoms with van der Waals surface area (Å²) in [5.74, 6) is 2.33. The average molecular weight is 228 g/mol. The van der Waals surface area contributed by atoms with E-state index in [4.69, 9.17) is 5.73 Å². The molecule has 0 spiro atoms. The third-order valence-corrected chi connectivity index (χ3v) is 2.71. The first-order chi connectivity index (χ1) is 6.97. The summed E-state index contributed by atoms with van der Waals surface area (Å²) in [5, 5.41) is 3.13. The van der Waals surface area contributed by atoms with Crippen LogP contribution in [0.4, 0.5) is 11.6 Å². The Morgan fingerprint density at radius 2 is 2.27 bits per heavy atom. The Kier molecular flexibility index (Phi) is 4.02. The largest absolute Gasteiger partial charge is 0.384 e. The number of nitrogens with two attached hydrogens (primary N) is 1. The van der Waals surface area contributed by atoms with Gasteiger partial charge in [-0.1, -0.05) is 0 Å². The van der Waals surface area contributed by atoms with Crippen molar-refractivity contribution >= 4 is 22.4 Å². The quantitative estimate of drug-likeness (QED) is 0.786. The summed E-state index contributed by atoms with van der Waals surface area (Å²) in [5.41, 5.74) is 5.59. The fourth-order valence-corrected chi connectivity index (χ4v) is 2.10. The predicted octanol–water partition coefficient (Wildman–Crippen LogP) is 0.546. The van der Waals surface area contributed by atoms with Crippen LogP contribution in [0.2, 0.25) is 0 Å². The highest BCUT2D eigenvalue weighted by molar-refractivity contribution is 7.84. The van der Waals surface area contributed by atoms with Gasteiger partial charge in [-0.05, 0) is 13.8 Å². The zero-order valence-corrected chi connectivity index (χ0v) is 9.97. The predicted molar refractivity (Wildman–Crippen MR) is 63.2 cm³/mol. The molecule has 0 radical (unpaired) electrons. The van der Waals surface area contributed by atoms with Crippen molar-refractivity contribution in [3.63, 3.8) is 0 Å². The zero-order valence-electron chi connectivity index (χ0n) is 9.15. The van der Waals surface area contributed by atoms with Crippen molar-refractivity contribution in [2.45, 2.75) is 19.9 Å². The number of hydrogen-bond acceptors (Lipinski definition) is 5. The van der Waals surface area contributed by atoms with Gasteiger partial charge in [-0.25, -0.2) is 9.97 Å². The summed E-state index contributed by atoms with van der Waals surface area (Å²) >= 11 is 0. The SMILES string of the molecule is Cc1nc(N)cc(NC(C)CS(C)=O)n1. The van der Waals surface area contributed by atoms with Gasteiger partial charge in [0.1, 0.15) is 17.5 Å². The number of nitrogen functional groups attached to an aromatic ring is 1. The van der Waals surface area contributed by atoms with Crippen LogP contribution in [-0.4, -0.2) is 32.2 Å². The fourth-order valence-electron chi connectivity index (χ4n) is 1.31. The molecule has 5 nitrogen and oxygen atoms in total. The van der Waals surface area contributed by atoms with Gasteiger partial charge >= 0.3 is 0 Å². The van der Waals surface area contributed by atoms with Crippen molar-refractivity contribution in [2.24, 2.45) is 0 Å². The first kappa shape index (κ1) is 11.9. The summed E-state index contributed by atoms with van der Waals surface area (Å²) in [4.78, 5) is 8.15. The normalized spacial score (nSPS) is 14.6. The highest BCUT2D eigenvalue weighted by atomic mass is 32.2. The molecule has 0 aliphatic carbocycles.